The Hall–Kier alpha value is -1.49. The van der Waals surface area contributed by atoms with E-state index in [1.165, 1.54) is 18.6 Å². The molecule has 0 radical (unpaired) electrons. The van der Waals surface area contributed by atoms with Crippen molar-refractivity contribution in [3.63, 3.8) is 0 Å². The molecule has 0 spiro atoms. The third-order valence-electron chi connectivity index (χ3n) is 3.88. The Morgan fingerprint density at radius 2 is 2.04 bits per heavy atom. The third kappa shape index (κ3) is 5.57. The van der Waals surface area contributed by atoms with Gasteiger partial charge in [0.1, 0.15) is 5.82 Å². The van der Waals surface area contributed by atoms with E-state index >= 15 is 0 Å². The summed E-state index contributed by atoms with van der Waals surface area (Å²) in [6, 6.07) is 5.39. The zero-order valence-corrected chi connectivity index (χ0v) is 14.1. The molecule has 5 nitrogen and oxygen atoms in total. The zero-order valence-electron chi connectivity index (χ0n) is 13.3. The Labute approximate surface area is 137 Å². The number of sulfonamides is 1. The van der Waals surface area contributed by atoms with Gasteiger partial charge in [-0.1, -0.05) is 6.42 Å². The molecule has 7 heteroatoms. The topological polar surface area (TPSA) is 73.2 Å². The van der Waals surface area contributed by atoms with Gasteiger partial charge < -0.3 is 4.90 Å². The van der Waals surface area contributed by atoms with Gasteiger partial charge in [-0.25, -0.2) is 17.5 Å². The van der Waals surface area contributed by atoms with Crippen molar-refractivity contribution in [1.82, 2.24) is 9.62 Å². The molecule has 1 N–H and O–H groups in total. The van der Waals surface area contributed by atoms with Crippen LogP contribution in [0.2, 0.25) is 0 Å². The van der Waals surface area contributed by atoms with Crippen molar-refractivity contribution in [3.05, 3.63) is 35.1 Å². The molecule has 126 valence electrons. The number of benzene rings is 1. The van der Waals surface area contributed by atoms with Crippen molar-refractivity contribution in [2.45, 2.75) is 38.0 Å². The van der Waals surface area contributed by atoms with Gasteiger partial charge in [0.15, 0.2) is 0 Å². The average molecular weight is 339 g/mol. The minimum Gasteiger partial charge on any atom is -0.302 e. The van der Waals surface area contributed by atoms with Gasteiger partial charge in [0.25, 0.3) is 0 Å². The number of likely N-dealkylation sites (tertiary alicyclic amines) is 1. The highest BCUT2D eigenvalue weighted by atomic mass is 32.2. The van der Waals surface area contributed by atoms with E-state index in [0.717, 1.165) is 32.0 Å². The smallest absolute Gasteiger partial charge is 0.216 e. The van der Waals surface area contributed by atoms with Crippen molar-refractivity contribution in [2.24, 2.45) is 0 Å². The number of nitrogens with zero attached hydrogens (tertiary/aromatic N) is 2. The van der Waals surface area contributed by atoms with Crippen molar-refractivity contribution in [3.8, 4) is 6.07 Å². The monoisotopic (exact) mass is 339 g/mol. The maximum Gasteiger partial charge on any atom is 0.216 e. The summed E-state index contributed by atoms with van der Waals surface area (Å²) in [5, 5.41) is 8.84. The second-order valence-corrected chi connectivity index (χ2v) is 7.81. The lowest BCUT2D eigenvalue weighted by atomic mass is 10.1. The molecular formula is C16H22FN3O2S. The average Bonchev–Trinajstić information content (AvgIpc) is 2.49. The van der Waals surface area contributed by atoms with Gasteiger partial charge in [0, 0.05) is 18.2 Å². The van der Waals surface area contributed by atoms with Crippen LogP contribution in [0.25, 0.3) is 0 Å². The Kier molecular flexibility index (Phi) is 6.10. The van der Waals surface area contributed by atoms with Gasteiger partial charge >= 0.3 is 0 Å². The predicted octanol–water partition coefficient (Wildman–Crippen LogP) is 1.99. The number of nitriles is 1. The lowest BCUT2D eigenvalue weighted by Crippen LogP contribution is -2.44. The summed E-state index contributed by atoms with van der Waals surface area (Å²) in [5.41, 5.74) is 0.264. The van der Waals surface area contributed by atoms with Crippen LogP contribution in [0.15, 0.2) is 18.2 Å². The first kappa shape index (κ1) is 17.9. The summed E-state index contributed by atoms with van der Waals surface area (Å²) in [6.07, 6.45) is 3.52. The second-order valence-electron chi connectivity index (χ2n) is 6.06. The summed E-state index contributed by atoms with van der Waals surface area (Å²) in [4.78, 5) is 2.24. The lowest BCUT2D eigenvalue weighted by molar-refractivity contribution is 0.215. The van der Waals surface area contributed by atoms with Crippen LogP contribution in [0.5, 0.6) is 0 Å². The molecule has 1 aromatic rings. The van der Waals surface area contributed by atoms with Crippen LogP contribution in [0.3, 0.4) is 0 Å². The van der Waals surface area contributed by atoms with E-state index in [-0.39, 0.29) is 17.2 Å². The van der Waals surface area contributed by atoms with Gasteiger partial charge in [0.05, 0.1) is 17.4 Å². The molecule has 1 aliphatic heterocycles. The molecule has 1 unspecified atom stereocenters. The molecule has 1 aromatic carbocycles. The quantitative estimate of drug-likeness (QED) is 0.860. The zero-order chi connectivity index (χ0) is 16.9. The minimum absolute atomic E-state index is 0.0155. The number of halogens is 1. The fraction of sp³-hybridized carbons (Fsp3) is 0.562. The Bertz CT molecular complexity index is 679. The van der Waals surface area contributed by atoms with Crippen LogP contribution in [-0.2, 0) is 15.8 Å². The third-order valence-corrected chi connectivity index (χ3v) is 5.33. The first-order valence-corrected chi connectivity index (χ1v) is 9.46. The number of hydrogen-bond donors (Lipinski definition) is 1. The number of rotatable bonds is 6. The van der Waals surface area contributed by atoms with Crippen LogP contribution >= 0.6 is 0 Å². The van der Waals surface area contributed by atoms with Gasteiger partial charge in [-0.05, 0) is 51.1 Å². The predicted molar refractivity (Wildman–Crippen MR) is 86.6 cm³/mol. The molecule has 1 saturated heterocycles. The van der Waals surface area contributed by atoms with E-state index in [2.05, 4.69) is 9.62 Å². The summed E-state index contributed by atoms with van der Waals surface area (Å²) >= 11 is 0. The highest BCUT2D eigenvalue weighted by molar-refractivity contribution is 7.88. The van der Waals surface area contributed by atoms with Crippen LogP contribution < -0.4 is 4.72 Å². The Morgan fingerprint density at radius 1 is 1.35 bits per heavy atom. The van der Waals surface area contributed by atoms with E-state index in [1.807, 2.05) is 13.0 Å². The van der Waals surface area contributed by atoms with Gasteiger partial charge in [-0.2, -0.15) is 5.26 Å². The largest absolute Gasteiger partial charge is 0.302 e. The lowest BCUT2D eigenvalue weighted by Gasteiger charge is -2.29. The maximum absolute atomic E-state index is 13.7. The molecule has 23 heavy (non-hydrogen) atoms. The van der Waals surface area contributed by atoms with Crippen molar-refractivity contribution < 1.29 is 12.8 Å². The molecule has 1 heterocycles. The first-order chi connectivity index (χ1) is 10.9. The van der Waals surface area contributed by atoms with E-state index < -0.39 is 21.6 Å². The minimum atomic E-state index is -3.66. The fourth-order valence-electron chi connectivity index (χ4n) is 2.87. The molecule has 1 aliphatic rings. The normalized spacial score (nSPS) is 17.6. The standard InChI is InChI=1S/C16H22FN3O2S/c1-13(11-20-7-3-2-4-8-20)19-23(21,22)12-15-9-14(10-18)5-6-16(15)17/h5-6,9,13,19H,2-4,7-8,11-12H2,1H3. The molecular weight excluding hydrogens is 317 g/mol. The van der Waals surface area contributed by atoms with Gasteiger partial charge in [-0.3, -0.25) is 0 Å². The number of piperidine rings is 1. The van der Waals surface area contributed by atoms with E-state index in [4.69, 9.17) is 5.26 Å². The van der Waals surface area contributed by atoms with Crippen molar-refractivity contribution in [1.29, 1.82) is 5.26 Å². The van der Waals surface area contributed by atoms with Crippen molar-refractivity contribution >= 4 is 10.0 Å². The highest BCUT2D eigenvalue weighted by Crippen LogP contribution is 2.14. The van der Waals surface area contributed by atoms with Gasteiger partial charge in [-0.15, -0.1) is 0 Å². The van der Waals surface area contributed by atoms with Crippen LogP contribution in [0.1, 0.15) is 37.3 Å². The molecule has 1 atom stereocenters. The van der Waals surface area contributed by atoms with E-state index in [0.29, 0.717) is 6.54 Å². The Morgan fingerprint density at radius 3 is 2.70 bits per heavy atom. The molecule has 0 aliphatic carbocycles. The van der Waals surface area contributed by atoms with Crippen LogP contribution in [0.4, 0.5) is 4.39 Å². The SMILES string of the molecule is CC(CN1CCCCC1)NS(=O)(=O)Cc1cc(C#N)ccc1F. The molecule has 0 saturated carbocycles. The van der Waals surface area contributed by atoms with E-state index in [1.54, 1.807) is 0 Å². The van der Waals surface area contributed by atoms with Crippen LogP contribution in [0, 0.1) is 17.1 Å². The molecule has 1 fully saturated rings. The fourth-order valence-corrected chi connectivity index (χ4v) is 4.28. The van der Waals surface area contributed by atoms with Gasteiger partial charge in [0.2, 0.25) is 10.0 Å². The van der Waals surface area contributed by atoms with Crippen molar-refractivity contribution in [2.75, 3.05) is 19.6 Å². The number of hydrogen-bond acceptors (Lipinski definition) is 4. The summed E-state index contributed by atoms with van der Waals surface area (Å²) in [5.74, 6) is -1.07. The summed E-state index contributed by atoms with van der Waals surface area (Å²) in [6.45, 7) is 4.45. The Balaban J connectivity index is 1.97. The highest BCUT2D eigenvalue weighted by Gasteiger charge is 2.20. The summed E-state index contributed by atoms with van der Waals surface area (Å²) < 4.78 is 40.8. The second kappa shape index (κ2) is 7.86. The number of nitrogens with one attached hydrogen (secondary N) is 1. The molecule has 0 amide bonds. The summed E-state index contributed by atoms with van der Waals surface area (Å²) in [7, 11) is -3.66. The van der Waals surface area contributed by atoms with Crippen LogP contribution in [-0.4, -0.2) is 39.0 Å². The molecule has 2 rings (SSSR count). The molecule has 0 bridgehead atoms. The molecule has 0 aromatic heterocycles. The maximum atomic E-state index is 13.7. The van der Waals surface area contributed by atoms with E-state index in [9.17, 15) is 12.8 Å². The first-order valence-electron chi connectivity index (χ1n) is 7.80.